The summed E-state index contributed by atoms with van der Waals surface area (Å²) in [5, 5.41) is 15.7. The number of pyridine rings is 1. The molecule has 0 saturated heterocycles. The summed E-state index contributed by atoms with van der Waals surface area (Å²) in [6.45, 7) is 3.95. The van der Waals surface area contributed by atoms with Gasteiger partial charge >= 0.3 is 5.97 Å². The second kappa shape index (κ2) is 13.9. The van der Waals surface area contributed by atoms with Crippen molar-refractivity contribution in [2.75, 3.05) is 45.3 Å². The van der Waals surface area contributed by atoms with E-state index in [1.807, 2.05) is 4.90 Å². The first-order valence-electron chi connectivity index (χ1n) is 13.4. The zero-order valence-corrected chi connectivity index (χ0v) is 21.9. The molecule has 2 atom stereocenters. The third-order valence-electron chi connectivity index (χ3n) is 7.59. The Hall–Kier alpha value is -2.26. The first kappa shape index (κ1) is 28.3. The van der Waals surface area contributed by atoms with E-state index < -0.39 is 24.8 Å². The number of fused-ring (bicyclic) bond motifs is 1. The van der Waals surface area contributed by atoms with E-state index >= 15 is 0 Å². The molecule has 1 fully saturated rings. The van der Waals surface area contributed by atoms with Crippen molar-refractivity contribution in [3.63, 3.8) is 0 Å². The van der Waals surface area contributed by atoms with Crippen LogP contribution in [-0.4, -0.2) is 79.0 Å². The maximum Gasteiger partial charge on any atom is 0.326 e. The summed E-state index contributed by atoms with van der Waals surface area (Å²) in [5.41, 5.74) is 2.33. The van der Waals surface area contributed by atoms with E-state index in [0.717, 1.165) is 69.4 Å². The van der Waals surface area contributed by atoms with Crippen molar-refractivity contribution in [1.82, 2.24) is 15.2 Å². The number of aromatic nitrogens is 1. The number of carbonyl (C=O) groups is 2. The second-order valence-electron chi connectivity index (χ2n) is 10.7. The Bertz CT molecular complexity index is 860. The zero-order chi connectivity index (χ0) is 26.0. The van der Waals surface area contributed by atoms with Crippen LogP contribution in [0.5, 0.6) is 0 Å². The highest BCUT2D eigenvalue weighted by molar-refractivity contribution is 5.83. The normalized spacial score (nSPS) is 18.0. The number of halogens is 1. The lowest BCUT2D eigenvalue weighted by atomic mass is 9.68. The molecule has 202 valence electrons. The Morgan fingerprint density at radius 1 is 1.28 bits per heavy atom. The molecular formula is C27H43FN4O4. The molecule has 0 aromatic carbocycles. The Morgan fingerprint density at radius 3 is 2.75 bits per heavy atom. The van der Waals surface area contributed by atoms with Gasteiger partial charge in [0, 0.05) is 38.9 Å². The number of methoxy groups -OCH3 is 1. The van der Waals surface area contributed by atoms with Crippen molar-refractivity contribution >= 4 is 17.7 Å². The summed E-state index contributed by atoms with van der Waals surface area (Å²) in [4.78, 5) is 31.1. The van der Waals surface area contributed by atoms with Gasteiger partial charge in [-0.05, 0) is 75.0 Å². The predicted octanol–water partition coefficient (Wildman–Crippen LogP) is 3.59. The predicted molar refractivity (Wildman–Crippen MR) is 138 cm³/mol. The summed E-state index contributed by atoms with van der Waals surface area (Å²) in [7, 11) is 1.49. The van der Waals surface area contributed by atoms with Crippen LogP contribution in [0.2, 0.25) is 0 Å². The van der Waals surface area contributed by atoms with Gasteiger partial charge < -0.3 is 25.4 Å². The van der Waals surface area contributed by atoms with Crippen molar-refractivity contribution in [1.29, 1.82) is 0 Å². The minimum atomic E-state index is -1.04. The van der Waals surface area contributed by atoms with E-state index in [9.17, 15) is 19.1 Å². The first-order chi connectivity index (χ1) is 17.3. The number of nitrogens with one attached hydrogen (secondary N) is 2. The van der Waals surface area contributed by atoms with Gasteiger partial charge in [-0.25, -0.2) is 14.2 Å². The van der Waals surface area contributed by atoms with Gasteiger partial charge in [0.2, 0.25) is 5.91 Å². The fraction of sp³-hybridized carbons (Fsp3) is 0.741. The SMILES string of the molecule is COC(CF)CN(CCCCc1ccc2c(n1)NCCC2)CCC(NC(=O)CC1(C)CCC1)C(=O)O. The molecule has 9 heteroatoms. The van der Waals surface area contributed by atoms with Gasteiger partial charge in [0.1, 0.15) is 18.5 Å². The standard InChI is InChI=1S/C27H43FN4O4/c1-27(12-6-13-27)17-24(33)31-23(26(34)35)11-16-32(19-22(18-28)36-2)15-4-3-8-21-10-9-20-7-5-14-29-25(20)30-21/h9-10,22-23H,3-8,11-19H2,1-2H3,(H,29,30)(H,31,33)(H,34,35). The van der Waals surface area contributed by atoms with Gasteiger partial charge in [0.15, 0.2) is 0 Å². The third-order valence-corrected chi connectivity index (χ3v) is 7.59. The number of hydrogen-bond donors (Lipinski definition) is 3. The Balaban J connectivity index is 1.48. The van der Waals surface area contributed by atoms with Crippen molar-refractivity contribution in [2.24, 2.45) is 5.41 Å². The number of anilines is 1. The molecule has 1 aliphatic carbocycles. The molecule has 0 radical (unpaired) electrons. The van der Waals surface area contributed by atoms with Crippen LogP contribution < -0.4 is 10.6 Å². The Labute approximate surface area is 214 Å². The number of nitrogens with zero attached hydrogens (tertiary/aromatic N) is 2. The molecule has 0 bridgehead atoms. The number of carboxylic acid groups (broad SMARTS) is 1. The highest BCUT2D eigenvalue weighted by Crippen LogP contribution is 2.43. The number of alkyl halides is 1. The van der Waals surface area contributed by atoms with Crippen molar-refractivity contribution in [3.05, 3.63) is 23.4 Å². The molecule has 8 nitrogen and oxygen atoms in total. The molecule has 0 spiro atoms. The average Bonchev–Trinajstić information content (AvgIpc) is 2.85. The Morgan fingerprint density at radius 2 is 2.08 bits per heavy atom. The molecule has 36 heavy (non-hydrogen) atoms. The van der Waals surface area contributed by atoms with E-state index in [0.29, 0.717) is 26.1 Å². The van der Waals surface area contributed by atoms with Gasteiger partial charge in [-0.2, -0.15) is 0 Å². The Kier molecular flexibility index (Phi) is 10.9. The minimum Gasteiger partial charge on any atom is -0.480 e. The summed E-state index contributed by atoms with van der Waals surface area (Å²) < 4.78 is 18.6. The number of carboxylic acids is 1. The largest absolute Gasteiger partial charge is 0.480 e. The number of aliphatic carboxylic acids is 1. The third kappa shape index (κ3) is 8.69. The molecule has 1 aromatic heterocycles. The molecule has 2 heterocycles. The van der Waals surface area contributed by atoms with Crippen LogP contribution in [0, 0.1) is 5.41 Å². The van der Waals surface area contributed by atoms with E-state index in [2.05, 4.69) is 29.7 Å². The van der Waals surface area contributed by atoms with Crippen LogP contribution in [-0.2, 0) is 27.2 Å². The highest BCUT2D eigenvalue weighted by Gasteiger charge is 2.35. The fourth-order valence-electron chi connectivity index (χ4n) is 5.08. The molecule has 3 rings (SSSR count). The van der Waals surface area contributed by atoms with Crippen LogP contribution in [0.3, 0.4) is 0 Å². The van der Waals surface area contributed by atoms with Crippen molar-refractivity contribution in [3.8, 4) is 0 Å². The van der Waals surface area contributed by atoms with Crippen LogP contribution in [0.4, 0.5) is 10.2 Å². The van der Waals surface area contributed by atoms with Crippen LogP contribution >= 0.6 is 0 Å². The lowest BCUT2D eigenvalue weighted by Gasteiger charge is -2.38. The molecule has 1 aliphatic heterocycles. The van der Waals surface area contributed by atoms with Crippen LogP contribution in [0.15, 0.2) is 12.1 Å². The fourth-order valence-corrected chi connectivity index (χ4v) is 5.08. The zero-order valence-electron chi connectivity index (χ0n) is 21.9. The van der Waals surface area contributed by atoms with E-state index in [4.69, 9.17) is 9.72 Å². The van der Waals surface area contributed by atoms with Crippen molar-refractivity contribution < 1.29 is 23.8 Å². The quantitative estimate of drug-likeness (QED) is 0.294. The van der Waals surface area contributed by atoms with Gasteiger partial charge in [0.25, 0.3) is 0 Å². The van der Waals surface area contributed by atoms with Crippen molar-refractivity contribution in [2.45, 2.75) is 83.3 Å². The number of hydrogen-bond acceptors (Lipinski definition) is 6. The highest BCUT2D eigenvalue weighted by atomic mass is 19.1. The number of rotatable bonds is 16. The van der Waals surface area contributed by atoms with Gasteiger partial charge in [-0.3, -0.25) is 4.79 Å². The lowest BCUT2D eigenvalue weighted by Crippen LogP contribution is -2.46. The molecule has 2 aliphatic rings. The van der Waals surface area contributed by atoms with Crippen LogP contribution in [0.25, 0.3) is 0 Å². The first-order valence-corrected chi connectivity index (χ1v) is 13.4. The number of aryl methyl sites for hydroxylation is 2. The smallest absolute Gasteiger partial charge is 0.326 e. The van der Waals surface area contributed by atoms with E-state index in [1.165, 1.54) is 12.7 Å². The monoisotopic (exact) mass is 506 g/mol. The number of unbranched alkanes of at least 4 members (excludes halogenated alkanes) is 1. The molecule has 2 unspecified atom stereocenters. The molecular weight excluding hydrogens is 463 g/mol. The average molecular weight is 507 g/mol. The second-order valence-corrected chi connectivity index (χ2v) is 10.7. The van der Waals surface area contributed by atoms with Crippen LogP contribution in [0.1, 0.15) is 69.5 Å². The summed E-state index contributed by atoms with van der Waals surface area (Å²) in [6.07, 6.45) is 8.05. The van der Waals surface area contributed by atoms with Gasteiger partial charge in [-0.1, -0.05) is 19.4 Å². The van der Waals surface area contributed by atoms with E-state index in [1.54, 1.807) is 0 Å². The van der Waals surface area contributed by atoms with E-state index in [-0.39, 0.29) is 17.7 Å². The molecule has 1 aromatic rings. The minimum absolute atomic E-state index is 0.00500. The van der Waals surface area contributed by atoms with Gasteiger partial charge in [-0.15, -0.1) is 0 Å². The lowest BCUT2D eigenvalue weighted by molar-refractivity contribution is -0.142. The number of amides is 1. The summed E-state index contributed by atoms with van der Waals surface area (Å²) >= 11 is 0. The number of carbonyl (C=O) groups excluding carboxylic acids is 1. The molecule has 1 amide bonds. The maximum atomic E-state index is 13.3. The summed E-state index contributed by atoms with van der Waals surface area (Å²) in [6, 6.07) is 3.30. The maximum absolute atomic E-state index is 13.3. The molecule has 1 saturated carbocycles. The van der Waals surface area contributed by atoms with Gasteiger partial charge in [0.05, 0.1) is 6.10 Å². The summed E-state index contributed by atoms with van der Waals surface area (Å²) in [5.74, 6) is -0.246. The molecule has 3 N–H and O–H groups in total. The number of ether oxygens (including phenoxy) is 1. The topological polar surface area (TPSA) is 104 Å².